The van der Waals surface area contributed by atoms with E-state index in [1.165, 1.54) is 51.9 Å². The Bertz CT molecular complexity index is 879. The molecule has 0 aromatic rings. The van der Waals surface area contributed by atoms with E-state index in [0.717, 1.165) is 25.7 Å². The van der Waals surface area contributed by atoms with Gasteiger partial charge in [0.05, 0.1) is 18.1 Å². The number of cyclic esters (lactones) is 1. The zero-order valence-electron chi connectivity index (χ0n) is 28.7. The lowest BCUT2D eigenvalue weighted by Gasteiger charge is -2.33. The molecule has 0 aromatic carbocycles. The van der Waals surface area contributed by atoms with Crippen molar-refractivity contribution in [3.8, 4) is 0 Å². The first-order valence-corrected chi connectivity index (χ1v) is 17.2. The predicted octanol–water partition coefficient (Wildman–Crippen LogP) is 4.39. The number of aliphatic hydroxyl groups excluding tert-OH is 2. The molecule has 0 radical (unpaired) electrons. The molecule has 10 heteroatoms. The van der Waals surface area contributed by atoms with Crippen LogP contribution in [0.5, 0.6) is 0 Å². The van der Waals surface area contributed by atoms with Gasteiger partial charge in [-0.15, -0.1) is 0 Å². The van der Waals surface area contributed by atoms with Crippen LogP contribution in [-0.2, 0) is 23.9 Å². The largest absolute Gasteiger partial charge is 0.460 e. The molecule has 0 aliphatic carbocycles. The first-order chi connectivity index (χ1) is 20.7. The number of rotatable bonds is 15. The quantitative estimate of drug-likeness (QED) is 0.134. The lowest BCUT2D eigenvalue weighted by molar-refractivity contribution is -0.161. The number of unbranched alkanes of at least 4 members (excludes halogenated alkanes) is 10. The topological polar surface area (TPSA) is 154 Å². The molecule has 1 heterocycles. The van der Waals surface area contributed by atoms with E-state index < -0.39 is 72.0 Å². The highest BCUT2D eigenvalue weighted by atomic mass is 16.5. The number of aliphatic hydroxyl groups is 2. The summed E-state index contributed by atoms with van der Waals surface area (Å²) in [4.78, 5) is 53.2. The predicted molar refractivity (Wildman–Crippen MR) is 172 cm³/mol. The maximum absolute atomic E-state index is 13.5. The van der Waals surface area contributed by atoms with Crippen LogP contribution in [0.1, 0.15) is 132 Å². The van der Waals surface area contributed by atoms with Crippen LogP contribution in [0.25, 0.3) is 0 Å². The van der Waals surface area contributed by atoms with Crippen molar-refractivity contribution in [3.05, 3.63) is 0 Å². The van der Waals surface area contributed by atoms with Crippen molar-refractivity contribution >= 4 is 23.7 Å². The van der Waals surface area contributed by atoms with E-state index in [9.17, 15) is 29.4 Å². The Kier molecular flexibility index (Phi) is 18.8. The second kappa shape index (κ2) is 20.8. The first kappa shape index (κ1) is 39.8. The molecule has 0 saturated carbocycles. The minimum atomic E-state index is -1.35. The maximum Gasteiger partial charge on any atom is 0.329 e. The second-order valence-corrected chi connectivity index (χ2v) is 13.6. The highest BCUT2D eigenvalue weighted by Crippen LogP contribution is 2.25. The third-order valence-corrected chi connectivity index (χ3v) is 8.94. The summed E-state index contributed by atoms with van der Waals surface area (Å²) in [6.45, 7) is 14.0. The first-order valence-electron chi connectivity index (χ1n) is 17.2. The van der Waals surface area contributed by atoms with Crippen LogP contribution in [-0.4, -0.2) is 70.3 Å². The molecule has 3 unspecified atom stereocenters. The number of carbonyl (C=O) groups is 4. The number of ether oxygens (including phenoxy) is 1. The molecular formula is C34H63N3O7. The molecular weight excluding hydrogens is 562 g/mol. The fraction of sp³-hybridized carbons (Fsp3) is 0.882. The second-order valence-electron chi connectivity index (χ2n) is 13.6. The SMILES string of the molecule is CCCCCCCCCCCCCC1OC(=O)C(C(C)C)NC(=O)[C@H]([C@@H](C)O)NC(=O)C(C(C)C)NC(=O)[C@H](C)[C@H](O)[C@H]1C. The van der Waals surface area contributed by atoms with Gasteiger partial charge in [-0.05, 0) is 31.6 Å². The summed E-state index contributed by atoms with van der Waals surface area (Å²) >= 11 is 0. The van der Waals surface area contributed by atoms with E-state index >= 15 is 0 Å². The third-order valence-electron chi connectivity index (χ3n) is 8.94. The molecule has 1 aliphatic rings. The number of hydrogen-bond donors (Lipinski definition) is 5. The van der Waals surface area contributed by atoms with Gasteiger partial charge in [-0.2, -0.15) is 0 Å². The van der Waals surface area contributed by atoms with Gasteiger partial charge in [0.25, 0.3) is 0 Å². The average Bonchev–Trinajstić information content (AvgIpc) is 2.96. The Hall–Kier alpha value is -2.20. The summed E-state index contributed by atoms with van der Waals surface area (Å²) < 4.78 is 5.99. The molecule has 0 spiro atoms. The monoisotopic (exact) mass is 625 g/mol. The van der Waals surface area contributed by atoms with Crippen molar-refractivity contribution in [2.75, 3.05) is 0 Å². The Labute approximate surface area is 266 Å². The molecule has 256 valence electrons. The standard InChI is InChI=1S/C34H63N3O7/c1-9-10-11-12-13-14-15-16-17-18-19-20-26-23(6)30(39)24(7)31(40)35-27(21(2)3)32(41)37-29(25(8)38)33(42)36-28(22(4)5)34(43)44-26/h21-30,38-39H,9-20H2,1-8H3,(H,35,40)(H,36,42)(H,37,41)/t23-,24+,25+,26?,27?,28?,29-,30+/m0/s1. The summed E-state index contributed by atoms with van der Waals surface area (Å²) in [6, 6.07) is -3.39. The Morgan fingerprint density at radius 1 is 0.659 bits per heavy atom. The van der Waals surface area contributed by atoms with Crippen molar-refractivity contribution in [2.45, 2.75) is 169 Å². The molecule has 5 N–H and O–H groups in total. The lowest BCUT2D eigenvalue weighted by atomic mass is 9.86. The van der Waals surface area contributed by atoms with Crippen molar-refractivity contribution in [1.82, 2.24) is 16.0 Å². The van der Waals surface area contributed by atoms with Crippen molar-refractivity contribution in [1.29, 1.82) is 0 Å². The highest BCUT2D eigenvalue weighted by molar-refractivity contribution is 5.94. The summed E-state index contributed by atoms with van der Waals surface area (Å²) in [7, 11) is 0. The van der Waals surface area contributed by atoms with Crippen LogP contribution in [0, 0.1) is 23.7 Å². The Morgan fingerprint density at radius 3 is 1.57 bits per heavy atom. The molecule has 10 nitrogen and oxygen atoms in total. The van der Waals surface area contributed by atoms with Gasteiger partial charge in [-0.3, -0.25) is 14.4 Å². The van der Waals surface area contributed by atoms with Gasteiger partial charge in [0.2, 0.25) is 17.7 Å². The zero-order chi connectivity index (χ0) is 33.4. The number of esters is 1. The average molecular weight is 626 g/mol. The fourth-order valence-corrected chi connectivity index (χ4v) is 5.70. The molecule has 1 aliphatic heterocycles. The van der Waals surface area contributed by atoms with Gasteiger partial charge >= 0.3 is 5.97 Å². The van der Waals surface area contributed by atoms with E-state index in [2.05, 4.69) is 22.9 Å². The number of amides is 3. The third kappa shape index (κ3) is 13.4. The van der Waals surface area contributed by atoms with E-state index in [1.807, 2.05) is 0 Å². The molecule has 3 amide bonds. The molecule has 1 fully saturated rings. The minimum Gasteiger partial charge on any atom is -0.460 e. The Balaban J connectivity index is 3.12. The minimum absolute atomic E-state index is 0.337. The van der Waals surface area contributed by atoms with Crippen molar-refractivity contribution in [2.24, 2.45) is 23.7 Å². The molecule has 44 heavy (non-hydrogen) atoms. The van der Waals surface area contributed by atoms with Gasteiger partial charge in [0, 0.05) is 5.92 Å². The van der Waals surface area contributed by atoms with Gasteiger partial charge in [0.1, 0.15) is 24.2 Å². The smallest absolute Gasteiger partial charge is 0.329 e. The summed E-state index contributed by atoms with van der Waals surface area (Å²) in [5.41, 5.74) is 0. The van der Waals surface area contributed by atoms with Gasteiger partial charge in [0.15, 0.2) is 0 Å². The highest BCUT2D eigenvalue weighted by Gasteiger charge is 2.39. The fourth-order valence-electron chi connectivity index (χ4n) is 5.70. The molecule has 0 bridgehead atoms. The number of hydrogen-bond acceptors (Lipinski definition) is 7. The summed E-state index contributed by atoms with van der Waals surface area (Å²) in [6.07, 6.45) is 10.4. The molecule has 1 saturated heterocycles. The van der Waals surface area contributed by atoms with E-state index in [1.54, 1.807) is 41.5 Å². The van der Waals surface area contributed by atoms with Crippen LogP contribution in [0.4, 0.5) is 0 Å². The summed E-state index contributed by atoms with van der Waals surface area (Å²) in [5.74, 6) is -4.69. The van der Waals surface area contributed by atoms with Crippen LogP contribution in [0.15, 0.2) is 0 Å². The molecule has 0 aromatic heterocycles. The normalized spacial score (nSPS) is 28.5. The zero-order valence-corrected chi connectivity index (χ0v) is 28.7. The van der Waals surface area contributed by atoms with Crippen molar-refractivity contribution in [3.63, 3.8) is 0 Å². The van der Waals surface area contributed by atoms with Crippen LogP contribution >= 0.6 is 0 Å². The van der Waals surface area contributed by atoms with Crippen molar-refractivity contribution < 1.29 is 34.1 Å². The molecule has 8 atom stereocenters. The Morgan fingerprint density at radius 2 is 1.09 bits per heavy atom. The van der Waals surface area contributed by atoms with E-state index in [0.29, 0.717) is 6.42 Å². The van der Waals surface area contributed by atoms with Gasteiger partial charge in [-0.25, -0.2) is 4.79 Å². The number of carbonyl (C=O) groups excluding carboxylic acids is 4. The molecule has 1 rings (SSSR count). The maximum atomic E-state index is 13.5. The van der Waals surface area contributed by atoms with Crippen LogP contribution < -0.4 is 16.0 Å². The summed E-state index contributed by atoms with van der Waals surface area (Å²) in [5, 5.41) is 29.6. The van der Waals surface area contributed by atoms with Gasteiger partial charge in [-0.1, -0.05) is 113 Å². The lowest BCUT2D eigenvalue weighted by Crippen LogP contribution is -2.60. The van der Waals surface area contributed by atoms with Crippen LogP contribution in [0.3, 0.4) is 0 Å². The van der Waals surface area contributed by atoms with Crippen LogP contribution in [0.2, 0.25) is 0 Å². The van der Waals surface area contributed by atoms with Gasteiger partial charge < -0.3 is 30.9 Å². The van der Waals surface area contributed by atoms with E-state index in [-0.39, 0.29) is 11.8 Å². The number of nitrogens with one attached hydrogen (secondary N) is 3. The van der Waals surface area contributed by atoms with E-state index in [4.69, 9.17) is 4.74 Å².